The number of esters is 1. The van der Waals surface area contributed by atoms with Gasteiger partial charge in [0.2, 0.25) is 0 Å². The fourth-order valence-electron chi connectivity index (χ4n) is 2.85. The number of hydrogen-bond donors (Lipinski definition) is 1. The van der Waals surface area contributed by atoms with E-state index in [9.17, 15) is 4.79 Å². The van der Waals surface area contributed by atoms with Gasteiger partial charge in [0.25, 0.3) is 0 Å². The molecule has 1 aromatic rings. The van der Waals surface area contributed by atoms with Gasteiger partial charge in [0.05, 0.1) is 12.5 Å². The van der Waals surface area contributed by atoms with Crippen LogP contribution in [0.25, 0.3) is 0 Å². The number of quaternary nitrogens is 1. The van der Waals surface area contributed by atoms with Crippen molar-refractivity contribution in [3.05, 3.63) is 35.9 Å². The highest BCUT2D eigenvalue weighted by atomic mass is 16.5. The van der Waals surface area contributed by atoms with Crippen molar-refractivity contribution in [2.24, 2.45) is 5.92 Å². The average molecular weight is 278 g/mol. The van der Waals surface area contributed by atoms with Gasteiger partial charge in [-0.3, -0.25) is 4.79 Å². The third-order valence-corrected chi connectivity index (χ3v) is 3.99. The standard InChI is InChI=1S/C16H23NO3/c1-12(15(19-2)14-9-6-10-17-14)16(18)20-11-13-7-4-3-5-8-13/h3-5,7-8,12,14-15,17H,6,9-11H2,1-2H3/p+1/t12-,14+,15-/m1/s1. The maximum absolute atomic E-state index is 12.2. The molecule has 1 heterocycles. The molecule has 2 rings (SSSR count). The summed E-state index contributed by atoms with van der Waals surface area (Å²) in [7, 11) is 1.68. The fraction of sp³-hybridized carbons (Fsp3) is 0.562. The lowest BCUT2D eigenvalue weighted by Gasteiger charge is -2.24. The molecule has 3 atom stereocenters. The number of hydrogen-bond acceptors (Lipinski definition) is 3. The Balaban J connectivity index is 1.86. The van der Waals surface area contributed by atoms with Crippen LogP contribution in [0.15, 0.2) is 30.3 Å². The van der Waals surface area contributed by atoms with Gasteiger partial charge in [-0.15, -0.1) is 0 Å². The van der Waals surface area contributed by atoms with Crippen molar-refractivity contribution >= 4 is 5.97 Å². The number of ether oxygens (including phenoxy) is 2. The number of nitrogens with two attached hydrogens (primary N) is 1. The largest absolute Gasteiger partial charge is 0.461 e. The molecular formula is C16H24NO3+. The average Bonchev–Trinajstić information content (AvgIpc) is 3.00. The predicted octanol–water partition coefficient (Wildman–Crippen LogP) is 1.11. The molecule has 0 bridgehead atoms. The van der Waals surface area contributed by atoms with Crippen LogP contribution in [0.3, 0.4) is 0 Å². The van der Waals surface area contributed by atoms with Gasteiger partial charge in [-0.05, 0) is 12.5 Å². The van der Waals surface area contributed by atoms with E-state index < -0.39 is 0 Å². The molecule has 1 saturated heterocycles. The molecule has 2 N–H and O–H groups in total. The number of benzene rings is 1. The van der Waals surface area contributed by atoms with Gasteiger partial charge in [0.1, 0.15) is 18.8 Å². The Morgan fingerprint density at radius 2 is 2.15 bits per heavy atom. The monoisotopic (exact) mass is 278 g/mol. The van der Waals surface area contributed by atoms with Crippen molar-refractivity contribution in [2.75, 3.05) is 13.7 Å². The van der Waals surface area contributed by atoms with Gasteiger partial charge in [0, 0.05) is 20.0 Å². The first kappa shape index (κ1) is 15.0. The van der Waals surface area contributed by atoms with Crippen LogP contribution in [0.4, 0.5) is 0 Å². The molecule has 1 fully saturated rings. The van der Waals surface area contributed by atoms with E-state index in [0.29, 0.717) is 12.6 Å². The van der Waals surface area contributed by atoms with Crippen LogP contribution in [0.5, 0.6) is 0 Å². The van der Waals surface area contributed by atoms with Crippen LogP contribution in [0.2, 0.25) is 0 Å². The van der Waals surface area contributed by atoms with E-state index in [1.807, 2.05) is 37.3 Å². The van der Waals surface area contributed by atoms with Gasteiger partial charge in [-0.1, -0.05) is 30.3 Å². The zero-order valence-corrected chi connectivity index (χ0v) is 12.2. The highest BCUT2D eigenvalue weighted by Crippen LogP contribution is 2.17. The van der Waals surface area contributed by atoms with E-state index in [2.05, 4.69) is 5.32 Å². The molecule has 1 aliphatic rings. The van der Waals surface area contributed by atoms with E-state index in [1.54, 1.807) is 7.11 Å². The maximum Gasteiger partial charge on any atom is 0.311 e. The summed E-state index contributed by atoms with van der Waals surface area (Å²) in [5, 5.41) is 2.27. The zero-order valence-electron chi connectivity index (χ0n) is 12.2. The minimum Gasteiger partial charge on any atom is -0.461 e. The lowest BCUT2D eigenvalue weighted by Crippen LogP contribution is -2.89. The fourth-order valence-corrected chi connectivity index (χ4v) is 2.85. The molecule has 0 unspecified atom stereocenters. The molecule has 0 saturated carbocycles. The molecule has 0 aromatic heterocycles. The minimum absolute atomic E-state index is 0.0687. The topological polar surface area (TPSA) is 52.1 Å². The van der Waals surface area contributed by atoms with Crippen LogP contribution in [-0.2, 0) is 20.9 Å². The van der Waals surface area contributed by atoms with Crippen LogP contribution in [0.1, 0.15) is 25.3 Å². The second-order valence-electron chi connectivity index (χ2n) is 5.41. The van der Waals surface area contributed by atoms with E-state index in [4.69, 9.17) is 9.47 Å². The van der Waals surface area contributed by atoms with Crippen molar-refractivity contribution in [3.63, 3.8) is 0 Å². The molecule has 1 aromatic carbocycles. The van der Waals surface area contributed by atoms with Crippen LogP contribution in [0, 0.1) is 5.92 Å². The summed E-state index contributed by atoms with van der Waals surface area (Å²) < 4.78 is 10.9. The van der Waals surface area contributed by atoms with Crippen molar-refractivity contribution in [2.45, 2.75) is 38.5 Å². The highest BCUT2D eigenvalue weighted by molar-refractivity contribution is 5.72. The Bertz CT molecular complexity index is 415. The summed E-state index contributed by atoms with van der Waals surface area (Å²) in [5.41, 5.74) is 1.01. The number of rotatable bonds is 6. The summed E-state index contributed by atoms with van der Waals surface area (Å²) in [6, 6.07) is 10.1. The lowest BCUT2D eigenvalue weighted by atomic mass is 9.96. The molecular weight excluding hydrogens is 254 g/mol. The second-order valence-corrected chi connectivity index (χ2v) is 5.41. The number of carbonyl (C=O) groups is 1. The number of methoxy groups -OCH3 is 1. The van der Waals surface area contributed by atoms with Gasteiger partial charge in [-0.25, -0.2) is 0 Å². The molecule has 0 radical (unpaired) electrons. The van der Waals surface area contributed by atoms with Crippen LogP contribution < -0.4 is 5.32 Å². The Morgan fingerprint density at radius 1 is 1.40 bits per heavy atom. The van der Waals surface area contributed by atoms with E-state index >= 15 is 0 Å². The molecule has 0 amide bonds. The first-order valence-corrected chi connectivity index (χ1v) is 7.29. The Labute approximate surface area is 120 Å². The predicted molar refractivity (Wildman–Crippen MR) is 76.0 cm³/mol. The normalized spacial score (nSPS) is 21.4. The molecule has 110 valence electrons. The van der Waals surface area contributed by atoms with Crippen molar-refractivity contribution in [3.8, 4) is 0 Å². The van der Waals surface area contributed by atoms with E-state index in [1.165, 1.54) is 6.42 Å². The summed E-state index contributed by atoms with van der Waals surface area (Å²) in [5.74, 6) is -0.413. The van der Waals surface area contributed by atoms with Crippen LogP contribution in [-0.4, -0.2) is 31.8 Å². The first-order valence-electron chi connectivity index (χ1n) is 7.29. The van der Waals surface area contributed by atoms with Crippen molar-refractivity contribution < 1.29 is 19.6 Å². The van der Waals surface area contributed by atoms with Gasteiger partial charge < -0.3 is 14.8 Å². The summed E-state index contributed by atoms with van der Waals surface area (Å²) in [6.45, 7) is 3.35. The quantitative estimate of drug-likeness (QED) is 0.793. The highest BCUT2D eigenvalue weighted by Gasteiger charge is 2.36. The molecule has 20 heavy (non-hydrogen) atoms. The number of carbonyl (C=O) groups excluding carboxylic acids is 1. The minimum atomic E-state index is -0.233. The zero-order chi connectivity index (χ0) is 14.4. The lowest BCUT2D eigenvalue weighted by molar-refractivity contribution is -0.678. The SMILES string of the molecule is CO[C@@H]([C@@H]1CCC[NH2+]1)[C@@H](C)C(=O)OCc1ccccc1. The van der Waals surface area contributed by atoms with Crippen molar-refractivity contribution in [1.29, 1.82) is 0 Å². The maximum atomic E-state index is 12.2. The molecule has 4 heteroatoms. The van der Waals surface area contributed by atoms with Crippen LogP contribution >= 0.6 is 0 Å². The molecule has 0 spiro atoms. The van der Waals surface area contributed by atoms with E-state index in [0.717, 1.165) is 18.5 Å². The summed E-state index contributed by atoms with van der Waals surface area (Å²) in [6.07, 6.45) is 2.23. The van der Waals surface area contributed by atoms with Crippen molar-refractivity contribution in [1.82, 2.24) is 0 Å². The molecule has 1 aliphatic heterocycles. The summed E-state index contributed by atoms with van der Waals surface area (Å²) in [4.78, 5) is 12.2. The van der Waals surface area contributed by atoms with Gasteiger partial charge >= 0.3 is 5.97 Å². The molecule has 4 nitrogen and oxygen atoms in total. The summed E-state index contributed by atoms with van der Waals surface area (Å²) >= 11 is 0. The Morgan fingerprint density at radius 3 is 2.75 bits per heavy atom. The van der Waals surface area contributed by atoms with E-state index in [-0.39, 0.29) is 18.0 Å². The first-order chi connectivity index (χ1) is 9.72. The third-order valence-electron chi connectivity index (χ3n) is 3.99. The Kier molecular flexibility index (Phi) is 5.56. The smallest absolute Gasteiger partial charge is 0.311 e. The Hall–Kier alpha value is -1.39. The molecule has 0 aliphatic carbocycles. The third kappa shape index (κ3) is 3.81. The second kappa shape index (κ2) is 7.41. The van der Waals surface area contributed by atoms with Gasteiger partial charge in [-0.2, -0.15) is 0 Å². The van der Waals surface area contributed by atoms with Gasteiger partial charge in [0.15, 0.2) is 0 Å².